The molecule has 4 atom stereocenters. The second-order valence-electron chi connectivity index (χ2n) is 10.7. The molecule has 0 amide bonds. The van der Waals surface area contributed by atoms with Gasteiger partial charge in [0.25, 0.3) is 0 Å². The topological polar surface area (TPSA) is 12.5 Å². The number of hydrogen-bond acceptors (Lipinski definition) is 2. The highest BCUT2D eigenvalue weighted by Gasteiger charge is 2.41. The molecule has 3 aliphatic carbocycles. The van der Waals surface area contributed by atoms with Crippen LogP contribution in [0.15, 0.2) is 139 Å². The van der Waals surface area contributed by atoms with Gasteiger partial charge in [-0.3, -0.25) is 0 Å². The summed E-state index contributed by atoms with van der Waals surface area (Å²) < 4.78 is 6.54. The molecule has 2 heteroatoms. The molecule has 4 unspecified atom stereocenters. The van der Waals surface area contributed by atoms with Crippen LogP contribution in [0.1, 0.15) is 29.9 Å². The minimum absolute atomic E-state index is 0.0754. The smallest absolute Gasteiger partial charge is 0.134 e. The maximum absolute atomic E-state index is 6.54. The van der Waals surface area contributed by atoms with E-state index in [1.165, 1.54) is 44.8 Å². The molecule has 0 saturated carbocycles. The fourth-order valence-electron chi connectivity index (χ4n) is 6.87. The Morgan fingerprint density at radius 3 is 2.42 bits per heavy atom. The Kier molecular flexibility index (Phi) is 4.94. The highest BCUT2D eigenvalue weighted by atomic mass is 16.5. The van der Waals surface area contributed by atoms with Gasteiger partial charge in [0.1, 0.15) is 11.9 Å². The molecule has 5 aliphatic rings. The standard InChI is InChI=1S/C36H29NO/c1-2-9-24(10-3-1)25-17-20-27(21-18-25)37-33-15-6-4-11-29(33)32-23-26(19-22-34(32)37)28-13-8-14-31-30-12-5-7-16-35(30)38-36(28)31/h1-4,6-11,13-23,29,31,33,36H,5,12H2. The van der Waals surface area contributed by atoms with Gasteiger partial charge in [-0.15, -0.1) is 0 Å². The summed E-state index contributed by atoms with van der Waals surface area (Å²) in [5.74, 6) is 1.78. The zero-order chi connectivity index (χ0) is 25.1. The lowest BCUT2D eigenvalue weighted by Gasteiger charge is -2.29. The fraction of sp³-hybridized carbons (Fsp3) is 0.167. The normalized spacial score (nSPS) is 26.0. The zero-order valence-corrected chi connectivity index (χ0v) is 21.2. The van der Waals surface area contributed by atoms with Gasteiger partial charge in [0, 0.05) is 28.8 Å². The van der Waals surface area contributed by atoms with Gasteiger partial charge in [0.15, 0.2) is 0 Å². The quantitative estimate of drug-likeness (QED) is 0.363. The third kappa shape index (κ3) is 3.33. The summed E-state index contributed by atoms with van der Waals surface area (Å²) in [6.07, 6.45) is 22.6. The van der Waals surface area contributed by atoms with E-state index in [2.05, 4.69) is 132 Å². The van der Waals surface area contributed by atoms with Crippen molar-refractivity contribution in [1.82, 2.24) is 0 Å². The molecule has 3 aromatic rings. The molecular formula is C36H29NO. The molecular weight excluding hydrogens is 462 g/mol. The molecule has 184 valence electrons. The van der Waals surface area contributed by atoms with E-state index >= 15 is 0 Å². The lowest BCUT2D eigenvalue weighted by molar-refractivity contribution is 0.182. The van der Waals surface area contributed by atoms with Gasteiger partial charge in [0.05, 0.1) is 6.04 Å². The minimum atomic E-state index is 0.0754. The zero-order valence-electron chi connectivity index (χ0n) is 21.2. The number of allylic oxidation sites excluding steroid dienone is 6. The van der Waals surface area contributed by atoms with Crippen molar-refractivity contribution in [2.45, 2.75) is 30.9 Å². The Labute approximate surface area is 224 Å². The predicted octanol–water partition coefficient (Wildman–Crippen LogP) is 8.66. The predicted molar refractivity (Wildman–Crippen MR) is 156 cm³/mol. The Morgan fingerprint density at radius 1 is 0.737 bits per heavy atom. The van der Waals surface area contributed by atoms with Crippen LogP contribution in [0.4, 0.5) is 11.4 Å². The molecule has 0 fully saturated rings. The second kappa shape index (κ2) is 8.63. The summed E-state index contributed by atoms with van der Waals surface area (Å²) in [6, 6.07) is 27.0. The van der Waals surface area contributed by atoms with E-state index in [9.17, 15) is 0 Å². The molecule has 0 spiro atoms. The summed E-state index contributed by atoms with van der Waals surface area (Å²) in [7, 11) is 0. The van der Waals surface area contributed by atoms with Crippen molar-refractivity contribution >= 4 is 16.9 Å². The van der Waals surface area contributed by atoms with Gasteiger partial charge in [-0.2, -0.15) is 0 Å². The first-order valence-corrected chi connectivity index (χ1v) is 13.7. The van der Waals surface area contributed by atoms with Crippen LogP contribution in [0, 0.1) is 5.92 Å². The first-order chi connectivity index (χ1) is 18.8. The number of fused-ring (bicyclic) bond motifs is 5. The van der Waals surface area contributed by atoms with Crippen LogP contribution in [0.5, 0.6) is 0 Å². The minimum Gasteiger partial charge on any atom is -0.485 e. The van der Waals surface area contributed by atoms with E-state index in [-0.39, 0.29) is 12.1 Å². The third-order valence-electron chi connectivity index (χ3n) is 8.69. The van der Waals surface area contributed by atoms with Gasteiger partial charge < -0.3 is 9.64 Å². The molecule has 2 heterocycles. The lowest BCUT2D eigenvalue weighted by Crippen LogP contribution is -2.28. The monoisotopic (exact) mass is 491 g/mol. The van der Waals surface area contributed by atoms with E-state index in [0.717, 1.165) is 18.6 Å². The largest absolute Gasteiger partial charge is 0.485 e. The summed E-state index contributed by atoms with van der Waals surface area (Å²) >= 11 is 0. The van der Waals surface area contributed by atoms with Gasteiger partial charge in [-0.1, -0.05) is 97.1 Å². The van der Waals surface area contributed by atoms with Crippen LogP contribution < -0.4 is 4.90 Å². The van der Waals surface area contributed by atoms with Crippen molar-refractivity contribution in [1.29, 1.82) is 0 Å². The number of benzene rings is 3. The van der Waals surface area contributed by atoms with Crippen molar-refractivity contribution in [2.75, 3.05) is 4.90 Å². The second-order valence-corrected chi connectivity index (χ2v) is 10.7. The molecule has 2 aliphatic heterocycles. The highest BCUT2D eigenvalue weighted by molar-refractivity contribution is 5.81. The van der Waals surface area contributed by atoms with Crippen molar-refractivity contribution in [3.05, 3.63) is 150 Å². The molecule has 0 bridgehead atoms. The Hall–Kier alpha value is -4.30. The van der Waals surface area contributed by atoms with Gasteiger partial charge in [0.2, 0.25) is 0 Å². The number of anilines is 2. The van der Waals surface area contributed by atoms with Crippen molar-refractivity contribution < 1.29 is 4.74 Å². The average Bonchev–Trinajstić information content (AvgIpc) is 3.53. The number of ether oxygens (including phenoxy) is 1. The number of rotatable bonds is 3. The Bertz CT molecular complexity index is 1600. The highest BCUT2D eigenvalue weighted by Crippen LogP contribution is 2.50. The van der Waals surface area contributed by atoms with E-state index < -0.39 is 0 Å². The lowest BCUT2D eigenvalue weighted by atomic mass is 9.81. The molecule has 0 aromatic heterocycles. The van der Waals surface area contributed by atoms with E-state index in [1.54, 1.807) is 0 Å². The maximum atomic E-state index is 6.54. The summed E-state index contributed by atoms with van der Waals surface area (Å²) in [4.78, 5) is 2.51. The third-order valence-corrected chi connectivity index (χ3v) is 8.69. The summed E-state index contributed by atoms with van der Waals surface area (Å²) in [6.45, 7) is 0. The van der Waals surface area contributed by atoms with Crippen LogP contribution in [0.2, 0.25) is 0 Å². The van der Waals surface area contributed by atoms with Crippen LogP contribution in [0.25, 0.3) is 16.7 Å². The number of nitrogens with zero attached hydrogens (tertiary/aromatic N) is 1. The summed E-state index contributed by atoms with van der Waals surface area (Å²) in [5, 5.41) is 0. The van der Waals surface area contributed by atoms with Crippen LogP contribution >= 0.6 is 0 Å². The van der Waals surface area contributed by atoms with Crippen molar-refractivity contribution in [2.24, 2.45) is 5.92 Å². The van der Waals surface area contributed by atoms with Crippen molar-refractivity contribution in [3.63, 3.8) is 0 Å². The van der Waals surface area contributed by atoms with Gasteiger partial charge in [-0.05, 0) is 71.0 Å². The first-order valence-electron chi connectivity index (χ1n) is 13.7. The molecule has 8 rings (SSSR count). The van der Waals surface area contributed by atoms with Gasteiger partial charge >= 0.3 is 0 Å². The van der Waals surface area contributed by atoms with Crippen LogP contribution in [0.3, 0.4) is 0 Å². The molecule has 0 saturated heterocycles. The molecule has 0 radical (unpaired) electrons. The van der Waals surface area contributed by atoms with Gasteiger partial charge in [-0.25, -0.2) is 0 Å². The van der Waals surface area contributed by atoms with Crippen LogP contribution in [-0.2, 0) is 4.74 Å². The van der Waals surface area contributed by atoms with E-state index in [0.29, 0.717) is 11.8 Å². The molecule has 38 heavy (non-hydrogen) atoms. The summed E-state index contributed by atoms with van der Waals surface area (Å²) in [5.41, 5.74) is 10.4. The molecule has 0 N–H and O–H groups in total. The van der Waals surface area contributed by atoms with E-state index in [1.807, 2.05) is 0 Å². The SMILES string of the molecule is C1=CC2C3=C(C=CCC3)OC2C(c2ccc3c(c2)C2C=CC=CC2N3c2ccc(-c3ccccc3)cc2)=C1. The average molecular weight is 492 g/mol. The Balaban J connectivity index is 1.16. The fourth-order valence-corrected chi connectivity index (χ4v) is 6.87. The maximum Gasteiger partial charge on any atom is 0.134 e. The van der Waals surface area contributed by atoms with Crippen molar-refractivity contribution in [3.8, 4) is 11.1 Å². The molecule has 2 nitrogen and oxygen atoms in total. The Morgan fingerprint density at radius 2 is 1.53 bits per heavy atom. The number of hydrogen-bond donors (Lipinski definition) is 0. The van der Waals surface area contributed by atoms with Crippen LogP contribution in [-0.4, -0.2) is 12.1 Å². The first kappa shape index (κ1) is 21.8. The van der Waals surface area contributed by atoms with E-state index in [4.69, 9.17) is 4.74 Å². The molecule has 3 aromatic carbocycles.